The summed E-state index contributed by atoms with van der Waals surface area (Å²) in [5.74, 6) is 1.90. The van der Waals surface area contributed by atoms with E-state index in [0.29, 0.717) is 5.82 Å². The van der Waals surface area contributed by atoms with Gasteiger partial charge in [-0.1, -0.05) is 5.16 Å². The van der Waals surface area contributed by atoms with Crippen molar-refractivity contribution in [3.63, 3.8) is 0 Å². The molecule has 2 aromatic heterocycles. The number of hydrogen-bond acceptors (Lipinski definition) is 7. The molecular formula is C22H20N4O4. The maximum Gasteiger partial charge on any atom is 0.282 e. The van der Waals surface area contributed by atoms with Gasteiger partial charge in [-0.05, 0) is 62.4 Å². The molecular weight excluding hydrogens is 384 g/mol. The van der Waals surface area contributed by atoms with Crippen LogP contribution < -0.4 is 14.9 Å². The Labute approximate surface area is 172 Å². The molecule has 4 aromatic rings. The van der Waals surface area contributed by atoms with Crippen LogP contribution in [0.3, 0.4) is 0 Å². The molecule has 2 aromatic carbocycles. The third-order valence-electron chi connectivity index (χ3n) is 4.26. The second-order valence-electron chi connectivity index (χ2n) is 6.79. The molecule has 0 atom stereocenters. The highest BCUT2D eigenvalue weighted by molar-refractivity contribution is 5.58. The van der Waals surface area contributed by atoms with Crippen LogP contribution in [0, 0.1) is 0 Å². The molecule has 4 rings (SSSR count). The third kappa shape index (κ3) is 4.07. The standard InChI is InChI=1S/C22H20N4O4/c1-14(2)29-18-8-4-15(5-9-18)21-23-22(30-25-21)20-19(27)12-13-26(24-20)16-6-10-17(28-3)11-7-16/h4-14H,1-3H3. The molecule has 8 nitrogen and oxygen atoms in total. The summed E-state index contributed by atoms with van der Waals surface area (Å²) < 4.78 is 17.7. The van der Waals surface area contributed by atoms with Crippen molar-refractivity contribution in [2.75, 3.05) is 7.11 Å². The van der Waals surface area contributed by atoms with Crippen molar-refractivity contribution in [3.8, 4) is 40.2 Å². The number of benzene rings is 2. The Morgan fingerprint density at radius 3 is 2.33 bits per heavy atom. The van der Waals surface area contributed by atoms with Gasteiger partial charge in [0.2, 0.25) is 11.3 Å². The van der Waals surface area contributed by atoms with E-state index in [4.69, 9.17) is 14.0 Å². The van der Waals surface area contributed by atoms with Gasteiger partial charge in [-0.2, -0.15) is 10.1 Å². The zero-order valence-electron chi connectivity index (χ0n) is 16.8. The molecule has 0 saturated carbocycles. The first-order valence-electron chi connectivity index (χ1n) is 9.39. The molecule has 0 N–H and O–H groups in total. The minimum Gasteiger partial charge on any atom is -0.497 e. The molecule has 0 unspecified atom stereocenters. The van der Waals surface area contributed by atoms with Gasteiger partial charge in [-0.3, -0.25) is 4.79 Å². The van der Waals surface area contributed by atoms with E-state index in [9.17, 15) is 4.79 Å². The summed E-state index contributed by atoms with van der Waals surface area (Å²) in [6.07, 6.45) is 1.67. The van der Waals surface area contributed by atoms with E-state index in [0.717, 1.165) is 22.7 Å². The van der Waals surface area contributed by atoms with Gasteiger partial charge < -0.3 is 14.0 Å². The molecule has 0 bridgehead atoms. The van der Waals surface area contributed by atoms with Crippen molar-refractivity contribution >= 4 is 0 Å². The fraction of sp³-hybridized carbons (Fsp3) is 0.182. The van der Waals surface area contributed by atoms with Crippen LogP contribution >= 0.6 is 0 Å². The summed E-state index contributed by atoms with van der Waals surface area (Å²) in [6.45, 7) is 3.93. The van der Waals surface area contributed by atoms with E-state index < -0.39 is 0 Å². The second-order valence-corrected chi connectivity index (χ2v) is 6.79. The molecule has 0 radical (unpaired) electrons. The lowest BCUT2D eigenvalue weighted by Crippen LogP contribution is -2.12. The van der Waals surface area contributed by atoms with Crippen molar-refractivity contribution in [1.29, 1.82) is 0 Å². The summed E-state index contributed by atoms with van der Waals surface area (Å²) in [7, 11) is 1.60. The average Bonchev–Trinajstić information content (AvgIpc) is 3.24. The lowest BCUT2D eigenvalue weighted by atomic mass is 10.2. The lowest BCUT2D eigenvalue weighted by Gasteiger charge is -2.09. The predicted octanol–water partition coefficient (Wildman–Crippen LogP) is 3.75. The van der Waals surface area contributed by atoms with E-state index >= 15 is 0 Å². The zero-order valence-corrected chi connectivity index (χ0v) is 16.8. The van der Waals surface area contributed by atoms with Crippen LogP contribution in [0.4, 0.5) is 0 Å². The summed E-state index contributed by atoms with van der Waals surface area (Å²) in [5.41, 5.74) is 1.27. The molecule has 0 amide bonds. The predicted molar refractivity (Wildman–Crippen MR) is 111 cm³/mol. The summed E-state index contributed by atoms with van der Waals surface area (Å²) >= 11 is 0. The van der Waals surface area contributed by atoms with Gasteiger partial charge in [0.25, 0.3) is 5.89 Å². The highest BCUT2D eigenvalue weighted by Crippen LogP contribution is 2.23. The van der Waals surface area contributed by atoms with Crippen molar-refractivity contribution < 1.29 is 14.0 Å². The molecule has 0 fully saturated rings. The molecule has 0 saturated heterocycles. The van der Waals surface area contributed by atoms with Crippen molar-refractivity contribution in [3.05, 3.63) is 71.0 Å². The normalized spacial score (nSPS) is 10.9. The van der Waals surface area contributed by atoms with Gasteiger partial charge in [0.15, 0.2) is 5.69 Å². The summed E-state index contributed by atoms with van der Waals surface area (Å²) in [4.78, 5) is 16.7. The molecule has 152 valence electrons. The monoisotopic (exact) mass is 404 g/mol. The first-order chi connectivity index (χ1) is 14.5. The van der Waals surface area contributed by atoms with Crippen molar-refractivity contribution in [1.82, 2.24) is 19.9 Å². The topological polar surface area (TPSA) is 92.3 Å². The fourth-order valence-corrected chi connectivity index (χ4v) is 2.83. The molecule has 0 aliphatic rings. The number of hydrogen-bond donors (Lipinski definition) is 0. The third-order valence-corrected chi connectivity index (χ3v) is 4.26. The number of aromatic nitrogens is 4. The van der Waals surface area contributed by atoms with Crippen molar-refractivity contribution in [2.24, 2.45) is 0 Å². The summed E-state index contributed by atoms with van der Waals surface area (Å²) in [6, 6.07) is 16.0. The first-order valence-corrected chi connectivity index (χ1v) is 9.39. The maximum atomic E-state index is 12.4. The van der Waals surface area contributed by atoms with E-state index in [-0.39, 0.29) is 23.1 Å². The Morgan fingerprint density at radius 1 is 0.967 bits per heavy atom. The van der Waals surface area contributed by atoms with Crippen LogP contribution in [0.15, 0.2) is 70.1 Å². The molecule has 0 aliphatic carbocycles. The summed E-state index contributed by atoms with van der Waals surface area (Å²) in [5, 5.41) is 8.36. The van der Waals surface area contributed by atoms with Gasteiger partial charge in [0.05, 0.1) is 18.9 Å². The minimum absolute atomic E-state index is 0.0559. The van der Waals surface area contributed by atoms with Crippen molar-refractivity contribution in [2.45, 2.75) is 20.0 Å². The quantitative estimate of drug-likeness (QED) is 0.483. The van der Waals surface area contributed by atoms with E-state index in [2.05, 4.69) is 15.2 Å². The average molecular weight is 404 g/mol. The van der Waals surface area contributed by atoms with Crippen LogP contribution in [0.2, 0.25) is 0 Å². The molecule has 0 aliphatic heterocycles. The Balaban J connectivity index is 1.63. The Hall–Kier alpha value is -3.94. The van der Waals surface area contributed by atoms with Gasteiger partial charge in [0, 0.05) is 17.8 Å². The Kier molecular flexibility index (Phi) is 5.30. The van der Waals surface area contributed by atoms with Crippen LogP contribution in [-0.2, 0) is 0 Å². The SMILES string of the molecule is COc1ccc(-n2ccc(=O)c(-c3nc(-c4ccc(OC(C)C)cc4)no3)n2)cc1. The van der Waals surface area contributed by atoms with Crippen LogP contribution in [0.5, 0.6) is 11.5 Å². The van der Waals surface area contributed by atoms with E-state index in [1.165, 1.54) is 6.07 Å². The number of methoxy groups -OCH3 is 1. The molecule has 8 heteroatoms. The fourth-order valence-electron chi connectivity index (χ4n) is 2.83. The molecule has 2 heterocycles. The number of nitrogens with zero attached hydrogens (tertiary/aromatic N) is 4. The van der Waals surface area contributed by atoms with E-state index in [1.54, 1.807) is 18.0 Å². The van der Waals surface area contributed by atoms with Gasteiger partial charge in [0.1, 0.15) is 11.5 Å². The highest BCUT2D eigenvalue weighted by Gasteiger charge is 2.16. The number of ether oxygens (including phenoxy) is 2. The van der Waals surface area contributed by atoms with Gasteiger partial charge >= 0.3 is 0 Å². The highest BCUT2D eigenvalue weighted by atomic mass is 16.5. The largest absolute Gasteiger partial charge is 0.497 e. The second kappa shape index (κ2) is 8.20. The van der Waals surface area contributed by atoms with Gasteiger partial charge in [-0.15, -0.1) is 0 Å². The lowest BCUT2D eigenvalue weighted by molar-refractivity contribution is 0.242. The van der Waals surface area contributed by atoms with Crippen LogP contribution in [0.1, 0.15) is 13.8 Å². The van der Waals surface area contributed by atoms with Gasteiger partial charge in [-0.25, -0.2) is 4.68 Å². The Morgan fingerprint density at radius 2 is 1.67 bits per heavy atom. The van der Waals surface area contributed by atoms with E-state index in [1.807, 2.05) is 62.4 Å². The first kappa shape index (κ1) is 19.4. The minimum atomic E-state index is -0.310. The van der Waals surface area contributed by atoms with Crippen LogP contribution in [-0.4, -0.2) is 33.1 Å². The maximum absolute atomic E-state index is 12.4. The molecule has 30 heavy (non-hydrogen) atoms. The van der Waals surface area contributed by atoms with Crippen LogP contribution in [0.25, 0.3) is 28.7 Å². The number of rotatable bonds is 6. The smallest absolute Gasteiger partial charge is 0.282 e. The Bertz CT molecular complexity index is 1200. The zero-order chi connectivity index (χ0) is 21.1. The molecule has 0 spiro atoms.